The molecule has 0 heterocycles. The molecule has 0 aliphatic carbocycles. The van der Waals surface area contributed by atoms with Gasteiger partial charge in [0.05, 0.1) is 6.04 Å². The van der Waals surface area contributed by atoms with Gasteiger partial charge in [0.15, 0.2) is 6.10 Å². The lowest BCUT2D eigenvalue weighted by Crippen LogP contribution is -2.38. The molecular formula is C22H29NO2. The van der Waals surface area contributed by atoms with E-state index in [4.69, 9.17) is 4.74 Å². The second-order valence-corrected chi connectivity index (χ2v) is 6.74. The average molecular weight is 339 g/mol. The average Bonchev–Trinajstić information content (AvgIpc) is 2.58. The molecule has 2 rings (SSSR count). The van der Waals surface area contributed by atoms with Crippen molar-refractivity contribution in [1.82, 2.24) is 5.32 Å². The molecule has 0 aliphatic rings. The van der Waals surface area contributed by atoms with Gasteiger partial charge in [-0.1, -0.05) is 37.3 Å². The topological polar surface area (TPSA) is 38.3 Å². The second kappa shape index (κ2) is 8.19. The summed E-state index contributed by atoms with van der Waals surface area (Å²) in [6.45, 7) is 12.2. The minimum Gasteiger partial charge on any atom is -0.481 e. The molecule has 0 radical (unpaired) electrons. The first-order valence-electron chi connectivity index (χ1n) is 8.96. The normalized spacial score (nSPS) is 13.2. The number of nitrogens with one attached hydrogen (secondary N) is 1. The van der Waals surface area contributed by atoms with Crippen molar-refractivity contribution < 1.29 is 9.53 Å². The summed E-state index contributed by atoms with van der Waals surface area (Å²) in [6, 6.07) is 12.1. The molecule has 25 heavy (non-hydrogen) atoms. The summed E-state index contributed by atoms with van der Waals surface area (Å²) in [7, 11) is 0. The summed E-state index contributed by atoms with van der Waals surface area (Å²) < 4.78 is 5.90. The molecule has 0 fully saturated rings. The number of hydrogen-bond donors (Lipinski definition) is 1. The van der Waals surface area contributed by atoms with Gasteiger partial charge in [-0.25, -0.2) is 0 Å². The zero-order valence-electron chi connectivity index (χ0n) is 16.1. The van der Waals surface area contributed by atoms with Gasteiger partial charge in [0.1, 0.15) is 5.75 Å². The predicted molar refractivity (Wildman–Crippen MR) is 103 cm³/mol. The first-order valence-corrected chi connectivity index (χ1v) is 8.96. The van der Waals surface area contributed by atoms with Crippen LogP contribution in [-0.2, 0) is 11.2 Å². The smallest absolute Gasteiger partial charge is 0.261 e. The maximum Gasteiger partial charge on any atom is 0.261 e. The Morgan fingerprint density at radius 2 is 1.68 bits per heavy atom. The molecule has 134 valence electrons. The largest absolute Gasteiger partial charge is 0.481 e. The lowest BCUT2D eigenvalue weighted by atomic mass is 9.96. The molecule has 2 atom stereocenters. The van der Waals surface area contributed by atoms with E-state index in [9.17, 15) is 4.79 Å². The molecule has 1 N–H and O–H groups in total. The van der Waals surface area contributed by atoms with Gasteiger partial charge in [-0.05, 0) is 74.9 Å². The lowest BCUT2D eigenvalue weighted by Gasteiger charge is -2.22. The van der Waals surface area contributed by atoms with E-state index in [-0.39, 0.29) is 11.9 Å². The van der Waals surface area contributed by atoms with Crippen LogP contribution < -0.4 is 10.1 Å². The summed E-state index contributed by atoms with van der Waals surface area (Å²) in [5, 5.41) is 3.08. The van der Waals surface area contributed by atoms with Gasteiger partial charge in [0.2, 0.25) is 0 Å². The quantitative estimate of drug-likeness (QED) is 0.819. The van der Waals surface area contributed by atoms with Crippen LogP contribution in [0.1, 0.15) is 54.6 Å². The van der Waals surface area contributed by atoms with E-state index in [0.717, 1.165) is 23.3 Å². The van der Waals surface area contributed by atoms with Crippen LogP contribution in [0.3, 0.4) is 0 Å². The fraction of sp³-hybridized carbons (Fsp3) is 0.409. The summed E-state index contributed by atoms with van der Waals surface area (Å²) in [5.41, 5.74) is 5.97. The molecular weight excluding hydrogens is 310 g/mol. The lowest BCUT2D eigenvalue weighted by molar-refractivity contribution is -0.127. The zero-order valence-corrected chi connectivity index (χ0v) is 16.1. The number of aryl methyl sites for hydroxylation is 4. The number of hydrogen-bond acceptors (Lipinski definition) is 2. The number of carbonyl (C=O) groups is 1. The molecule has 0 saturated heterocycles. The van der Waals surface area contributed by atoms with Crippen LogP contribution in [0.5, 0.6) is 5.75 Å². The Bertz CT molecular complexity index is 752. The van der Waals surface area contributed by atoms with Gasteiger partial charge in [-0.15, -0.1) is 0 Å². The highest BCUT2D eigenvalue weighted by molar-refractivity contribution is 5.81. The maximum atomic E-state index is 12.6. The first-order chi connectivity index (χ1) is 11.8. The van der Waals surface area contributed by atoms with Gasteiger partial charge in [0.25, 0.3) is 5.91 Å². The third-order valence-electron chi connectivity index (χ3n) is 4.73. The van der Waals surface area contributed by atoms with Crippen molar-refractivity contribution in [3.8, 4) is 5.75 Å². The van der Waals surface area contributed by atoms with E-state index < -0.39 is 6.10 Å². The van der Waals surface area contributed by atoms with Crippen molar-refractivity contribution in [3.05, 3.63) is 64.2 Å². The maximum absolute atomic E-state index is 12.6. The van der Waals surface area contributed by atoms with Crippen molar-refractivity contribution in [2.45, 2.75) is 60.1 Å². The number of amides is 1. The second-order valence-electron chi connectivity index (χ2n) is 6.74. The Labute approximate surface area is 151 Å². The number of ether oxygens (including phenoxy) is 1. The van der Waals surface area contributed by atoms with Crippen molar-refractivity contribution in [1.29, 1.82) is 0 Å². The van der Waals surface area contributed by atoms with Gasteiger partial charge in [-0.3, -0.25) is 4.79 Å². The molecule has 3 heteroatoms. The van der Waals surface area contributed by atoms with Crippen molar-refractivity contribution in [3.63, 3.8) is 0 Å². The summed E-state index contributed by atoms with van der Waals surface area (Å²) in [5.74, 6) is 0.679. The summed E-state index contributed by atoms with van der Waals surface area (Å²) >= 11 is 0. The van der Waals surface area contributed by atoms with E-state index in [1.165, 1.54) is 16.7 Å². The number of rotatable bonds is 6. The Balaban J connectivity index is 2.07. The molecule has 2 aromatic rings. The third kappa shape index (κ3) is 4.62. The van der Waals surface area contributed by atoms with E-state index in [0.29, 0.717) is 0 Å². The summed E-state index contributed by atoms with van der Waals surface area (Å²) in [6.07, 6.45) is 0.338. The van der Waals surface area contributed by atoms with E-state index in [1.54, 1.807) is 6.92 Å². The van der Waals surface area contributed by atoms with E-state index in [2.05, 4.69) is 45.1 Å². The molecule has 0 saturated carbocycles. The van der Waals surface area contributed by atoms with Crippen molar-refractivity contribution in [2.75, 3.05) is 0 Å². The summed E-state index contributed by atoms with van der Waals surface area (Å²) in [4.78, 5) is 12.6. The van der Waals surface area contributed by atoms with E-state index >= 15 is 0 Å². The monoisotopic (exact) mass is 339 g/mol. The van der Waals surface area contributed by atoms with Crippen LogP contribution in [0.4, 0.5) is 0 Å². The molecule has 2 aromatic carbocycles. The number of para-hydroxylation sites is 1. The van der Waals surface area contributed by atoms with Crippen LogP contribution in [0, 0.1) is 20.8 Å². The highest BCUT2D eigenvalue weighted by Gasteiger charge is 2.19. The minimum absolute atomic E-state index is 0.0562. The molecule has 0 spiro atoms. The SMILES string of the molecule is CCc1ccccc1O[C@H](C)C(=O)N[C@@H](C)c1cc(C)c(C)cc1C. The van der Waals surface area contributed by atoms with E-state index in [1.807, 2.05) is 31.2 Å². The zero-order chi connectivity index (χ0) is 18.6. The fourth-order valence-electron chi connectivity index (χ4n) is 3.01. The van der Waals surface area contributed by atoms with Crippen molar-refractivity contribution >= 4 is 5.91 Å². The van der Waals surface area contributed by atoms with Gasteiger partial charge < -0.3 is 10.1 Å². The Kier molecular flexibility index (Phi) is 6.24. The molecule has 0 bridgehead atoms. The fourth-order valence-corrected chi connectivity index (χ4v) is 3.01. The highest BCUT2D eigenvalue weighted by atomic mass is 16.5. The highest BCUT2D eigenvalue weighted by Crippen LogP contribution is 2.23. The first kappa shape index (κ1) is 19.0. The van der Waals surface area contributed by atoms with Crippen LogP contribution in [0.15, 0.2) is 36.4 Å². The third-order valence-corrected chi connectivity index (χ3v) is 4.73. The van der Waals surface area contributed by atoms with Gasteiger partial charge in [0, 0.05) is 0 Å². The Morgan fingerprint density at radius 1 is 1.04 bits per heavy atom. The van der Waals surface area contributed by atoms with Gasteiger partial charge >= 0.3 is 0 Å². The molecule has 3 nitrogen and oxygen atoms in total. The number of benzene rings is 2. The Hall–Kier alpha value is -2.29. The minimum atomic E-state index is -0.540. The van der Waals surface area contributed by atoms with Crippen LogP contribution in [-0.4, -0.2) is 12.0 Å². The molecule has 1 amide bonds. The predicted octanol–water partition coefficient (Wildman–Crippen LogP) is 4.82. The van der Waals surface area contributed by atoms with Crippen LogP contribution in [0.2, 0.25) is 0 Å². The standard InChI is InChI=1S/C22H29NO2/c1-7-19-10-8-9-11-21(19)25-18(6)22(24)23-17(5)20-13-15(3)14(2)12-16(20)4/h8-13,17-18H,7H2,1-6H3,(H,23,24)/t17-,18+/m0/s1. The van der Waals surface area contributed by atoms with Gasteiger partial charge in [-0.2, -0.15) is 0 Å². The molecule has 0 aliphatic heterocycles. The number of carbonyl (C=O) groups excluding carboxylic acids is 1. The molecule has 0 aromatic heterocycles. The van der Waals surface area contributed by atoms with Crippen molar-refractivity contribution in [2.24, 2.45) is 0 Å². The van der Waals surface area contributed by atoms with Crippen LogP contribution in [0.25, 0.3) is 0 Å². The molecule has 0 unspecified atom stereocenters. The van der Waals surface area contributed by atoms with Crippen LogP contribution >= 0.6 is 0 Å². The Morgan fingerprint density at radius 3 is 2.36 bits per heavy atom.